The zero-order valence-electron chi connectivity index (χ0n) is 19.7. The lowest BCUT2D eigenvalue weighted by Crippen LogP contribution is -2.42. The Morgan fingerprint density at radius 1 is 1.00 bits per heavy atom. The number of aryl methyl sites for hydroxylation is 1. The van der Waals surface area contributed by atoms with Gasteiger partial charge in [0.25, 0.3) is 5.91 Å². The number of carbonyl (C=O) groups excluding carboxylic acids is 3. The predicted octanol–water partition coefficient (Wildman–Crippen LogP) is 3.84. The fourth-order valence-electron chi connectivity index (χ4n) is 3.33. The van der Waals surface area contributed by atoms with Crippen LogP contribution in [-0.2, 0) is 22.4 Å². The van der Waals surface area contributed by atoms with Gasteiger partial charge in [-0.2, -0.15) is 0 Å². The van der Waals surface area contributed by atoms with Gasteiger partial charge in [-0.3, -0.25) is 14.4 Å². The number of carbonyl (C=O) groups is 3. The van der Waals surface area contributed by atoms with E-state index in [4.69, 9.17) is 0 Å². The maximum Gasteiger partial charge on any atom is 0.254 e. The first-order valence-corrected chi connectivity index (χ1v) is 12.1. The zero-order valence-corrected chi connectivity index (χ0v) is 20.5. The lowest BCUT2D eigenvalue weighted by molar-refractivity contribution is -0.120. The summed E-state index contributed by atoms with van der Waals surface area (Å²) in [5.41, 5.74) is 3.36. The molecule has 0 aliphatic carbocycles. The fraction of sp³-hybridized carbons (Fsp3) is 0.308. The molecule has 0 radical (unpaired) electrons. The van der Waals surface area contributed by atoms with Crippen molar-refractivity contribution in [3.8, 4) is 0 Å². The molecule has 1 heterocycles. The van der Waals surface area contributed by atoms with Crippen molar-refractivity contribution < 1.29 is 14.4 Å². The molecule has 2 aromatic carbocycles. The number of aromatic nitrogens is 1. The molecule has 0 spiro atoms. The standard InChI is InChI=1S/C26H30N4O3S/c1-18(2)30(25(33)21-11-9-19(3)10-12-21)16-24(32)29-26-28-22(17-34-26)15-23(31)27-14-13-20-7-5-4-6-8-20/h4-12,17-18H,13-16H2,1-3H3,(H,27,31)(H,28,29,32). The van der Waals surface area contributed by atoms with E-state index in [1.807, 2.05) is 63.2 Å². The monoisotopic (exact) mass is 478 g/mol. The number of hydrogen-bond donors (Lipinski definition) is 2. The first-order valence-electron chi connectivity index (χ1n) is 11.2. The quantitative estimate of drug-likeness (QED) is 0.463. The van der Waals surface area contributed by atoms with Crippen molar-refractivity contribution in [3.05, 3.63) is 82.4 Å². The number of anilines is 1. The predicted molar refractivity (Wildman–Crippen MR) is 135 cm³/mol. The summed E-state index contributed by atoms with van der Waals surface area (Å²) in [5.74, 6) is -0.645. The Labute approximate surface area is 204 Å². The van der Waals surface area contributed by atoms with Gasteiger partial charge in [-0.15, -0.1) is 11.3 Å². The van der Waals surface area contributed by atoms with Crippen LogP contribution >= 0.6 is 11.3 Å². The number of rotatable bonds is 10. The molecule has 7 nitrogen and oxygen atoms in total. The number of thiazole rings is 1. The molecule has 0 saturated carbocycles. The Morgan fingerprint density at radius 2 is 1.71 bits per heavy atom. The summed E-state index contributed by atoms with van der Waals surface area (Å²) in [6.07, 6.45) is 0.907. The highest BCUT2D eigenvalue weighted by Gasteiger charge is 2.22. The van der Waals surface area contributed by atoms with Crippen LogP contribution in [0.25, 0.3) is 0 Å². The molecule has 178 valence electrons. The highest BCUT2D eigenvalue weighted by Crippen LogP contribution is 2.17. The first kappa shape index (κ1) is 25.1. The normalized spacial score (nSPS) is 10.7. The third kappa shape index (κ3) is 7.52. The topological polar surface area (TPSA) is 91.4 Å². The van der Waals surface area contributed by atoms with Gasteiger partial charge in [0.2, 0.25) is 11.8 Å². The van der Waals surface area contributed by atoms with Crippen molar-refractivity contribution in [2.75, 3.05) is 18.4 Å². The largest absolute Gasteiger partial charge is 0.355 e. The molecule has 0 aliphatic heterocycles. The summed E-state index contributed by atoms with van der Waals surface area (Å²) in [7, 11) is 0. The molecule has 0 bridgehead atoms. The average Bonchev–Trinajstić information content (AvgIpc) is 3.24. The van der Waals surface area contributed by atoms with Crippen LogP contribution in [0.2, 0.25) is 0 Å². The number of amides is 3. The van der Waals surface area contributed by atoms with Crippen LogP contribution in [0.3, 0.4) is 0 Å². The minimum Gasteiger partial charge on any atom is -0.355 e. The average molecular weight is 479 g/mol. The molecule has 34 heavy (non-hydrogen) atoms. The third-order valence-electron chi connectivity index (χ3n) is 5.22. The zero-order chi connectivity index (χ0) is 24.5. The van der Waals surface area contributed by atoms with Crippen LogP contribution in [-0.4, -0.2) is 46.7 Å². The Morgan fingerprint density at radius 3 is 2.38 bits per heavy atom. The molecule has 2 N–H and O–H groups in total. The molecular weight excluding hydrogens is 448 g/mol. The summed E-state index contributed by atoms with van der Waals surface area (Å²) in [4.78, 5) is 43.6. The van der Waals surface area contributed by atoms with E-state index < -0.39 is 0 Å². The Kier molecular flexibility index (Phi) is 8.93. The van der Waals surface area contributed by atoms with E-state index in [1.54, 1.807) is 17.5 Å². The molecule has 0 atom stereocenters. The molecule has 3 rings (SSSR count). The summed E-state index contributed by atoms with van der Waals surface area (Å²) >= 11 is 1.26. The van der Waals surface area contributed by atoms with Crippen molar-refractivity contribution in [2.45, 2.75) is 39.7 Å². The second-order valence-corrected chi connectivity index (χ2v) is 9.21. The van der Waals surface area contributed by atoms with Crippen LogP contribution in [0.15, 0.2) is 60.0 Å². The molecule has 3 amide bonds. The van der Waals surface area contributed by atoms with Gasteiger partial charge < -0.3 is 15.5 Å². The Hall–Kier alpha value is -3.52. The highest BCUT2D eigenvalue weighted by atomic mass is 32.1. The van der Waals surface area contributed by atoms with Crippen molar-refractivity contribution >= 4 is 34.2 Å². The van der Waals surface area contributed by atoms with E-state index in [0.29, 0.717) is 22.9 Å². The molecule has 0 aliphatic rings. The van der Waals surface area contributed by atoms with Gasteiger partial charge in [0.15, 0.2) is 5.13 Å². The van der Waals surface area contributed by atoms with Gasteiger partial charge in [-0.05, 0) is 44.9 Å². The minimum atomic E-state index is -0.331. The summed E-state index contributed by atoms with van der Waals surface area (Å²) < 4.78 is 0. The van der Waals surface area contributed by atoms with Crippen molar-refractivity contribution in [1.29, 1.82) is 0 Å². The number of hydrogen-bond acceptors (Lipinski definition) is 5. The fourth-order valence-corrected chi connectivity index (χ4v) is 4.05. The number of nitrogens with zero attached hydrogens (tertiary/aromatic N) is 2. The minimum absolute atomic E-state index is 0.0841. The molecule has 1 aromatic heterocycles. The van der Waals surface area contributed by atoms with Gasteiger partial charge in [-0.25, -0.2) is 4.98 Å². The van der Waals surface area contributed by atoms with Crippen LogP contribution in [0, 0.1) is 6.92 Å². The molecular formula is C26H30N4O3S. The van der Waals surface area contributed by atoms with E-state index in [1.165, 1.54) is 16.2 Å². The second kappa shape index (κ2) is 12.1. The maximum absolute atomic E-state index is 12.9. The Bertz CT molecular complexity index is 1110. The highest BCUT2D eigenvalue weighted by molar-refractivity contribution is 7.13. The first-order chi connectivity index (χ1) is 16.3. The molecule has 0 fully saturated rings. The summed E-state index contributed by atoms with van der Waals surface area (Å²) in [6, 6.07) is 17.1. The van der Waals surface area contributed by atoms with Crippen LogP contribution in [0.1, 0.15) is 41.0 Å². The maximum atomic E-state index is 12.9. The lowest BCUT2D eigenvalue weighted by atomic mass is 10.1. The van der Waals surface area contributed by atoms with Crippen molar-refractivity contribution in [1.82, 2.24) is 15.2 Å². The SMILES string of the molecule is Cc1ccc(C(=O)N(CC(=O)Nc2nc(CC(=O)NCCc3ccccc3)cs2)C(C)C)cc1. The van der Waals surface area contributed by atoms with E-state index in [2.05, 4.69) is 15.6 Å². The van der Waals surface area contributed by atoms with Gasteiger partial charge >= 0.3 is 0 Å². The van der Waals surface area contributed by atoms with E-state index in [-0.39, 0.29) is 36.7 Å². The summed E-state index contributed by atoms with van der Waals surface area (Å²) in [5, 5.41) is 7.80. The van der Waals surface area contributed by atoms with Crippen molar-refractivity contribution in [3.63, 3.8) is 0 Å². The van der Waals surface area contributed by atoms with Crippen LogP contribution in [0.4, 0.5) is 5.13 Å². The van der Waals surface area contributed by atoms with E-state index >= 15 is 0 Å². The van der Waals surface area contributed by atoms with Gasteiger partial charge in [-0.1, -0.05) is 48.0 Å². The van der Waals surface area contributed by atoms with Gasteiger partial charge in [0.05, 0.1) is 12.1 Å². The summed E-state index contributed by atoms with van der Waals surface area (Å²) in [6.45, 7) is 6.17. The van der Waals surface area contributed by atoms with Crippen molar-refractivity contribution in [2.24, 2.45) is 0 Å². The number of nitrogens with one attached hydrogen (secondary N) is 2. The van der Waals surface area contributed by atoms with Gasteiger partial charge in [0, 0.05) is 23.5 Å². The van der Waals surface area contributed by atoms with E-state index in [0.717, 1.165) is 17.5 Å². The Balaban J connectivity index is 1.49. The molecule has 3 aromatic rings. The van der Waals surface area contributed by atoms with E-state index in [9.17, 15) is 14.4 Å². The lowest BCUT2D eigenvalue weighted by Gasteiger charge is -2.26. The molecule has 0 unspecified atom stereocenters. The van der Waals surface area contributed by atoms with Gasteiger partial charge in [0.1, 0.15) is 6.54 Å². The molecule has 8 heteroatoms. The smallest absolute Gasteiger partial charge is 0.254 e. The number of benzene rings is 2. The second-order valence-electron chi connectivity index (χ2n) is 8.35. The molecule has 0 saturated heterocycles. The third-order valence-corrected chi connectivity index (χ3v) is 6.02. The van der Waals surface area contributed by atoms with Crippen LogP contribution < -0.4 is 10.6 Å². The van der Waals surface area contributed by atoms with Crippen LogP contribution in [0.5, 0.6) is 0 Å².